The summed E-state index contributed by atoms with van der Waals surface area (Å²) in [7, 11) is 1.98. The molecule has 66 valence electrons. The molecule has 12 heavy (non-hydrogen) atoms. The molecule has 2 heteroatoms. The lowest BCUT2D eigenvalue weighted by molar-refractivity contribution is 0.232. The maximum atomic E-state index is 9.21. The SMILES string of the molecule is C/C(=C\c1ccn(C)c1)C(C)O. The van der Waals surface area contributed by atoms with Crippen molar-refractivity contribution >= 4 is 6.08 Å². The molecular weight excluding hydrogens is 150 g/mol. The smallest absolute Gasteiger partial charge is 0.0722 e. The number of hydrogen-bond donors (Lipinski definition) is 1. The van der Waals surface area contributed by atoms with Gasteiger partial charge in [0.2, 0.25) is 0 Å². The van der Waals surface area contributed by atoms with Crippen molar-refractivity contribution in [3.63, 3.8) is 0 Å². The van der Waals surface area contributed by atoms with Crippen LogP contribution < -0.4 is 0 Å². The van der Waals surface area contributed by atoms with Crippen molar-refractivity contribution in [2.45, 2.75) is 20.0 Å². The van der Waals surface area contributed by atoms with Gasteiger partial charge >= 0.3 is 0 Å². The zero-order chi connectivity index (χ0) is 9.14. The number of aromatic nitrogens is 1. The van der Waals surface area contributed by atoms with Crippen LogP contribution in [0.15, 0.2) is 24.0 Å². The van der Waals surface area contributed by atoms with Crippen molar-refractivity contribution in [3.8, 4) is 0 Å². The van der Waals surface area contributed by atoms with Gasteiger partial charge in [-0.25, -0.2) is 0 Å². The third-order valence-electron chi connectivity index (χ3n) is 1.91. The molecule has 0 amide bonds. The van der Waals surface area contributed by atoms with Crippen molar-refractivity contribution in [3.05, 3.63) is 29.6 Å². The molecule has 1 N–H and O–H groups in total. The van der Waals surface area contributed by atoms with E-state index in [1.54, 1.807) is 6.92 Å². The topological polar surface area (TPSA) is 25.2 Å². The van der Waals surface area contributed by atoms with E-state index in [4.69, 9.17) is 0 Å². The van der Waals surface area contributed by atoms with E-state index < -0.39 is 0 Å². The lowest BCUT2D eigenvalue weighted by Crippen LogP contribution is -1.99. The molecule has 0 radical (unpaired) electrons. The van der Waals surface area contributed by atoms with E-state index in [9.17, 15) is 5.11 Å². The maximum Gasteiger partial charge on any atom is 0.0722 e. The normalized spacial score (nSPS) is 14.8. The molecule has 1 aromatic heterocycles. The van der Waals surface area contributed by atoms with Crippen LogP contribution in [0, 0.1) is 0 Å². The Labute approximate surface area is 73.1 Å². The Hall–Kier alpha value is -1.02. The van der Waals surface area contributed by atoms with Crippen molar-refractivity contribution in [2.24, 2.45) is 7.05 Å². The monoisotopic (exact) mass is 165 g/mol. The summed E-state index contributed by atoms with van der Waals surface area (Å²) in [6.07, 6.45) is 5.64. The van der Waals surface area contributed by atoms with E-state index in [1.807, 2.05) is 43.1 Å². The average Bonchev–Trinajstić information content (AvgIpc) is 2.35. The zero-order valence-electron chi connectivity index (χ0n) is 7.78. The van der Waals surface area contributed by atoms with E-state index in [0.29, 0.717) is 0 Å². The summed E-state index contributed by atoms with van der Waals surface area (Å²) in [5.41, 5.74) is 2.12. The first kappa shape index (κ1) is 9.07. The van der Waals surface area contributed by atoms with E-state index >= 15 is 0 Å². The number of aliphatic hydroxyl groups excluding tert-OH is 1. The first-order valence-electron chi connectivity index (χ1n) is 4.08. The summed E-state index contributed by atoms with van der Waals surface area (Å²) in [5, 5.41) is 9.21. The molecule has 1 rings (SSSR count). The van der Waals surface area contributed by atoms with E-state index in [0.717, 1.165) is 11.1 Å². The fourth-order valence-electron chi connectivity index (χ4n) is 0.994. The van der Waals surface area contributed by atoms with E-state index in [-0.39, 0.29) is 6.10 Å². The largest absolute Gasteiger partial charge is 0.389 e. The minimum atomic E-state index is -0.356. The molecule has 1 heterocycles. The van der Waals surface area contributed by atoms with Crippen LogP contribution in [0.4, 0.5) is 0 Å². The first-order valence-corrected chi connectivity index (χ1v) is 4.08. The van der Waals surface area contributed by atoms with Crippen molar-refractivity contribution in [2.75, 3.05) is 0 Å². The van der Waals surface area contributed by atoms with Crippen molar-refractivity contribution < 1.29 is 5.11 Å². The van der Waals surface area contributed by atoms with Crippen LogP contribution in [0.3, 0.4) is 0 Å². The van der Waals surface area contributed by atoms with Gasteiger partial charge in [0.25, 0.3) is 0 Å². The second kappa shape index (κ2) is 3.59. The molecule has 0 aliphatic carbocycles. The minimum absolute atomic E-state index is 0.356. The number of nitrogens with zero attached hydrogens (tertiary/aromatic N) is 1. The molecule has 1 atom stereocenters. The summed E-state index contributed by atoms with van der Waals surface area (Å²) in [5.74, 6) is 0. The summed E-state index contributed by atoms with van der Waals surface area (Å²) in [4.78, 5) is 0. The molecule has 0 aromatic carbocycles. The number of aliphatic hydroxyl groups is 1. The second-order valence-corrected chi connectivity index (χ2v) is 3.17. The van der Waals surface area contributed by atoms with Crippen molar-refractivity contribution in [1.29, 1.82) is 0 Å². The van der Waals surface area contributed by atoms with Gasteiger partial charge in [0.1, 0.15) is 0 Å². The minimum Gasteiger partial charge on any atom is -0.389 e. The van der Waals surface area contributed by atoms with Gasteiger partial charge in [0, 0.05) is 19.4 Å². The van der Waals surface area contributed by atoms with Crippen LogP contribution in [-0.4, -0.2) is 15.8 Å². The molecule has 0 bridgehead atoms. The molecule has 2 nitrogen and oxygen atoms in total. The summed E-state index contributed by atoms with van der Waals surface area (Å²) < 4.78 is 1.99. The van der Waals surface area contributed by atoms with Crippen LogP contribution in [-0.2, 0) is 7.05 Å². The van der Waals surface area contributed by atoms with Gasteiger partial charge in [-0.1, -0.05) is 6.08 Å². The Balaban J connectivity index is 2.80. The van der Waals surface area contributed by atoms with Gasteiger partial charge in [0.15, 0.2) is 0 Å². The second-order valence-electron chi connectivity index (χ2n) is 3.17. The molecule has 0 fully saturated rings. The van der Waals surface area contributed by atoms with Crippen LogP contribution in [0.5, 0.6) is 0 Å². The van der Waals surface area contributed by atoms with Gasteiger partial charge in [-0.05, 0) is 31.1 Å². The van der Waals surface area contributed by atoms with Crippen molar-refractivity contribution in [1.82, 2.24) is 4.57 Å². The van der Waals surface area contributed by atoms with E-state index in [2.05, 4.69) is 0 Å². The highest BCUT2D eigenvalue weighted by Gasteiger charge is 1.98. The molecule has 0 aliphatic heterocycles. The highest BCUT2D eigenvalue weighted by Crippen LogP contribution is 2.09. The Bertz CT molecular complexity index is 284. The average molecular weight is 165 g/mol. The van der Waals surface area contributed by atoms with Gasteiger partial charge < -0.3 is 9.67 Å². The lowest BCUT2D eigenvalue weighted by Gasteiger charge is -2.02. The molecule has 1 aromatic rings. The Kier molecular flexibility index (Phi) is 2.71. The Morgan fingerprint density at radius 2 is 2.33 bits per heavy atom. The van der Waals surface area contributed by atoms with Crippen LogP contribution in [0.25, 0.3) is 6.08 Å². The van der Waals surface area contributed by atoms with Gasteiger partial charge in [-0.15, -0.1) is 0 Å². The van der Waals surface area contributed by atoms with Gasteiger partial charge in [-0.3, -0.25) is 0 Å². The van der Waals surface area contributed by atoms with Gasteiger partial charge in [-0.2, -0.15) is 0 Å². The zero-order valence-corrected chi connectivity index (χ0v) is 7.78. The van der Waals surface area contributed by atoms with Gasteiger partial charge in [0.05, 0.1) is 6.10 Å². The molecule has 0 saturated carbocycles. The molecular formula is C10H15NO. The lowest BCUT2D eigenvalue weighted by atomic mass is 10.1. The fraction of sp³-hybridized carbons (Fsp3) is 0.400. The standard InChI is InChI=1S/C10H15NO/c1-8(9(2)12)6-10-4-5-11(3)7-10/h4-7,9,12H,1-3H3/b8-6+. The maximum absolute atomic E-state index is 9.21. The number of hydrogen-bond acceptors (Lipinski definition) is 1. The molecule has 0 saturated heterocycles. The summed E-state index contributed by atoms with van der Waals surface area (Å²) in [6, 6.07) is 2.02. The summed E-state index contributed by atoms with van der Waals surface area (Å²) >= 11 is 0. The third kappa shape index (κ3) is 2.24. The predicted octanol–water partition coefficient (Wildman–Crippen LogP) is 1.81. The van der Waals surface area contributed by atoms with Crippen LogP contribution >= 0.6 is 0 Å². The van der Waals surface area contributed by atoms with Crippen LogP contribution in [0.1, 0.15) is 19.4 Å². The quantitative estimate of drug-likeness (QED) is 0.710. The molecule has 0 spiro atoms. The fourth-order valence-corrected chi connectivity index (χ4v) is 0.994. The molecule has 0 aliphatic rings. The molecule has 1 unspecified atom stereocenters. The van der Waals surface area contributed by atoms with E-state index in [1.165, 1.54) is 0 Å². The van der Waals surface area contributed by atoms with Crippen LogP contribution in [0.2, 0.25) is 0 Å². The first-order chi connectivity index (χ1) is 5.59. The third-order valence-corrected chi connectivity index (χ3v) is 1.91. The highest BCUT2D eigenvalue weighted by molar-refractivity contribution is 5.52. The summed E-state index contributed by atoms with van der Waals surface area (Å²) in [6.45, 7) is 3.70. The number of rotatable bonds is 2. The Morgan fingerprint density at radius 1 is 1.67 bits per heavy atom. The Morgan fingerprint density at radius 3 is 2.75 bits per heavy atom. The highest BCUT2D eigenvalue weighted by atomic mass is 16.3. The number of aryl methyl sites for hydroxylation is 1. The predicted molar refractivity (Wildman–Crippen MR) is 50.7 cm³/mol.